The highest BCUT2D eigenvalue weighted by Crippen LogP contribution is 2.18. The van der Waals surface area contributed by atoms with Gasteiger partial charge in [0.2, 0.25) is 0 Å². The first kappa shape index (κ1) is 10.3. The average molecular weight is 177 g/mol. The van der Waals surface area contributed by atoms with Gasteiger partial charge in [-0.3, -0.25) is 0 Å². The summed E-state index contributed by atoms with van der Waals surface area (Å²) in [4.78, 5) is 0. The smallest absolute Gasteiger partial charge is 0.0315 e. The van der Waals surface area contributed by atoms with Crippen LogP contribution in [0.25, 0.3) is 0 Å². The van der Waals surface area contributed by atoms with Crippen molar-refractivity contribution in [1.82, 2.24) is 5.32 Å². The van der Waals surface area contributed by atoms with E-state index >= 15 is 0 Å². The van der Waals surface area contributed by atoms with Crippen molar-refractivity contribution >= 4 is 0 Å². The Morgan fingerprint density at radius 2 is 1.69 bits per heavy atom. The molecule has 1 heteroatoms. The molecule has 1 N–H and O–H groups in total. The highest BCUT2D eigenvalue weighted by molar-refractivity contribution is 5.30. The number of rotatable bonds is 3. The summed E-state index contributed by atoms with van der Waals surface area (Å²) >= 11 is 0. The largest absolute Gasteiger partial charge is 0.313 e. The van der Waals surface area contributed by atoms with Crippen molar-refractivity contribution in [2.24, 2.45) is 0 Å². The van der Waals surface area contributed by atoms with Gasteiger partial charge >= 0.3 is 0 Å². The van der Waals surface area contributed by atoms with E-state index in [9.17, 15) is 0 Å². The Labute approximate surface area is 81.2 Å². The maximum absolute atomic E-state index is 3.32. The molecule has 0 heterocycles. The lowest BCUT2D eigenvalue weighted by Gasteiger charge is -2.15. The van der Waals surface area contributed by atoms with Crippen LogP contribution in [-0.4, -0.2) is 7.05 Å². The summed E-state index contributed by atoms with van der Waals surface area (Å²) < 4.78 is 0. The van der Waals surface area contributed by atoms with E-state index < -0.39 is 0 Å². The molecule has 0 radical (unpaired) electrons. The first-order chi connectivity index (χ1) is 6.17. The maximum Gasteiger partial charge on any atom is 0.0315 e. The summed E-state index contributed by atoms with van der Waals surface area (Å²) in [6, 6.07) is 7.24. The second-order valence-electron chi connectivity index (χ2n) is 3.67. The van der Waals surface area contributed by atoms with Crippen molar-refractivity contribution in [2.75, 3.05) is 7.05 Å². The molecule has 13 heavy (non-hydrogen) atoms. The lowest BCUT2D eigenvalue weighted by molar-refractivity contribution is 0.576. The Hall–Kier alpha value is -0.820. The fourth-order valence-electron chi connectivity index (χ4n) is 1.82. The molecular formula is C12H19N. The van der Waals surface area contributed by atoms with Crippen LogP contribution in [-0.2, 0) is 0 Å². The molecule has 0 spiro atoms. The first-order valence-electron chi connectivity index (χ1n) is 4.92. The lowest BCUT2D eigenvalue weighted by atomic mass is 10.00. The molecule has 1 nitrogen and oxygen atoms in total. The van der Waals surface area contributed by atoms with Crippen molar-refractivity contribution < 1.29 is 0 Å². The van der Waals surface area contributed by atoms with E-state index in [-0.39, 0.29) is 0 Å². The predicted octanol–water partition coefficient (Wildman–Crippen LogP) is 2.97. The van der Waals surface area contributed by atoms with Gasteiger partial charge in [0.15, 0.2) is 0 Å². The van der Waals surface area contributed by atoms with Gasteiger partial charge in [0.25, 0.3) is 0 Å². The highest BCUT2D eigenvalue weighted by Gasteiger charge is 2.06. The van der Waals surface area contributed by atoms with Gasteiger partial charge in [-0.2, -0.15) is 0 Å². The van der Waals surface area contributed by atoms with E-state index in [0.717, 1.165) is 6.42 Å². The third-order valence-electron chi connectivity index (χ3n) is 2.40. The van der Waals surface area contributed by atoms with E-state index in [1.165, 1.54) is 16.7 Å². The van der Waals surface area contributed by atoms with Crippen LogP contribution in [0, 0.1) is 13.8 Å². The summed E-state index contributed by atoms with van der Waals surface area (Å²) in [5, 5.41) is 3.32. The average Bonchev–Trinajstić information content (AvgIpc) is 2.04. The van der Waals surface area contributed by atoms with E-state index in [0.29, 0.717) is 6.04 Å². The minimum absolute atomic E-state index is 0.499. The lowest BCUT2D eigenvalue weighted by Crippen LogP contribution is -2.15. The molecule has 0 bridgehead atoms. The molecule has 0 aliphatic carbocycles. The van der Waals surface area contributed by atoms with Gasteiger partial charge in [-0.25, -0.2) is 0 Å². The van der Waals surface area contributed by atoms with Gasteiger partial charge in [-0.1, -0.05) is 36.2 Å². The van der Waals surface area contributed by atoms with Crippen LogP contribution in [0.4, 0.5) is 0 Å². The van der Waals surface area contributed by atoms with Gasteiger partial charge < -0.3 is 5.32 Å². The van der Waals surface area contributed by atoms with E-state index in [4.69, 9.17) is 0 Å². The Balaban J connectivity index is 2.99. The number of benzene rings is 1. The Bertz CT molecular complexity index is 254. The zero-order valence-electron chi connectivity index (χ0n) is 9.02. The molecule has 1 aromatic rings. The predicted molar refractivity (Wildman–Crippen MR) is 58.0 cm³/mol. The van der Waals surface area contributed by atoms with Crippen molar-refractivity contribution in [3.63, 3.8) is 0 Å². The molecule has 0 aliphatic heterocycles. The summed E-state index contributed by atoms with van der Waals surface area (Å²) in [5.41, 5.74) is 4.11. The normalized spacial score (nSPS) is 12.9. The van der Waals surface area contributed by atoms with Crippen LogP contribution >= 0.6 is 0 Å². The van der Waals surface area contributed by atoms with Crippen LogP contribution < -0.4 is 5.32 Å². The number of hydrogen-bond donors (Lipinski definition) is 1. The molecule has 0 fully saturated rings. The Morgan fingerprint density at radius 1 is 1.15 bits per heavy atom. The van der Waals surface area contributed by atoms with Crippen LogP contribution in [0.15, 0.2) is 18.2 Å². The molecule has 1 aromatic carbocycles. The fraction of sp³-hybridized carbons (Fsp3) is 0.500. The molecule has 1 atom stereocenters. The molecule has 0 amide bonds. The summed E-state index contributed by atoms with van der Waals surface area (Å²) in [7, 11) is 2.02. The number of aryl methyl sites for hydroxylation is 2. The number of hydrogen-bond acceptors (Lipinski definition) is 1. The maximum atomic E-state index is 3.32. The van der Waals surface area contributed by atoms with E-state index in [2.05, 4.69) is 44.3 Å². The molecule has 1 rings (SSSR count). The van der Waals surface area contributed by atoms with Crippen molar-refractivity contribution in [1.29, 1.82) is 0 Å². The van der Waals surface area contributed by atoms with E-state index in [1.54, 1.807) is 0 Å². The molecule has 0 saturated carbocycles. The van der Waals surface area contributed by atoms with Gasteiger partial charge in [0, 0.05) is 6.04 Å². The van der Waals surface area contributed by atoms with Crippen molar-refractivity contribution in [2.45, 2.75) is 33.2 Å². The highest BCUT2D eigenvalue weighted by atomic mass is 14.9. The van der Waals surface area contributed by atoms with Crippen LogP contribution in [0.2, 0.25) is 0 Å². The summed E-state index contributed by atoms with van der Waals surface area (Å²) in [5.74, 6) is 0. The van der Waals surface area contributed by atoms with E-state index in [1.807, 2.05) is 7.05 Å². The third kappa shape index (κ3) is 2.56. The van der Waals surface area contributed by atoms with Gasteiger partial charge in [0.1, 0.15) is 0 Å². The second kappa shape index (κ2) is 4.43. The van der Waals surface area contributed by atoms with Crippen molar-refractivity contribution in [3.8, 4) is 0 Å². The quantitative estimate of drug-likeness (QED) is 0.748. The van der Waals surface area contributed by atoms with Crippen LogP contribution in [0.3, 0.4) is 0 Å². The van der Waals surface area contributed by atoms with Gasteiger partial charge in [-0.15, -0.1) is 0 Å². The zero-order chi connectivity index (χ0) is 9.84. The molecular weight excluding hydrogens is 158 g/mol. The number of nitrogens with one attached hydrogen (secondary N) is 1. The molecule has 72 valence electrons. The second-order valence-corrected chi connectivity index (χ2v) is 3.67. The topological polar surface area (TPSA) is 12.0 Å². The molecule has 0 aliphatic rings. The third-order valence-corrected chi connectivity index (χ3v) is 2.40. The van der Waals surface area contributed by atoms with Crippen molar-refractivity contribution in [3.05, 3.63) is 34.9 Å². The van der Waals surface area contributed by atoms with Crippen LogP contribution in [0.1, 0.15) is 36.1 Å². The minimum atomic E-state index is 0.499. The first-order valence-corrected chi connectivity index (χ1v) is 4.92. The van der Waals surface area contributed by atoms with Gasteiger partial charge in [0.05, 0.1) is 0 Å². The zero-order valence-corrected chi connectivity index (χ0v) is 9.02. The van der Waals surface area contributed by atoms with Crippen LogP contribution in [0.5, 0.6) is 0 Å². The standard InChI is InChI=1S/C12H19N/c1-5-12(13-4)11-7-9(2)6-10(3)8-11/h6-8,12-13H,5H2,1-4H3. The Morgan fingerprint density at radius 3 is 2.08 bits per heavy atom. The monoisotopic (exact) mass is 177 g/mol. The summed E-state index contributed by atoms with van der Waals surface area (Å²) in [6.07, 6.45) is 1.14. The SMILES string of the molecule is CCC(NC)c1cc(C)cc(C)c1. The van der Waals surface area contributed by atoms with Gasteiger partial charge in [-0.05, 0) is 32.9 Å². The Kier molecular flexibility index (Phi) is 3.49. The minimum Gasteiger partial charge on any atom is -0.313 e. The fourth-order valence-corrected chi connectivity index (χ4v) is 1.82. The molecule has 0 saturated heterocycles. The summed E-state index contributed by atoms with van der Waals surface area (Å²) in [6.45, 7) is 6.51. The molecule has 0 aromatic heterocycles. The molecule has 1 unspecified atom stereocenters.